The SMILES string of the molecule is COc1ccc(NC(=O)CN2C(=O)N(Cc3nc(-c4ccccc4)no3)C(=O)C3CC4OCOC4CC32)c(OC)c1. The highest BCUT2D eigenvalue weighted by Gasteiger charge is 2.53. The van der Waals surface area contributed by atoms with E-state index in [0.29, 0.717) is 35.9 Å². The number of benzene rings is 2. The van der Waals surface area contributed by atoms with Crippen LogP contribution in [0.5, 0.6) is 11.5 Å². The van der Waals surface area contributed by atoms with Crippen LogP contribution in [-0.4, -0.2) is 83.6 Å². The minimum Gasteiger partial charge on any atom is -0.497 e. The maximum Gasteiger partial charge on any atom is 0.327 e. The van der Waals surface area contributed by atoms with Crippen LogP contribution in [-0.2, 0) is 25.6 Å². The Morgan fingerprint density at radius 2 is 1.83 bits per heavy atom. The minimum atomic E-state index is -0.620. The average molecular weight is 564 g/mol. The van der Waals surface area contributed by atoms with Gasteiger partial charge in [-0.05, 0) is 25.0 Å². The van der Waals surface area contributed by atoms with Crippen molar-refractivity contribution in [3.8, 4) is 22.9 Å². The van der Waals surface area contributed by atoms with E-state index in [1.54, 1.807) is 18.2 Å². The van der Waals surface area contributed by atoms with Gasteiger partial charge in [0.2, 0.25) is 23.5 Å². The van der Waals surface area contributed by atoms with Crippen LogP contribution >= 0.6 is 0 Å². The Morgan fingerprint density at radius 3 is 2.59 bits per heavy atom. The van der Waals surface area contributed by atoms with Gasteiger partial charge in [-0.3, -0.25) is 14.5 Å². The number of amides is 4. The molecule has 3 heterocycles. The van der Waals surface area contributed by atoms with Crippen LogP contribution in [0.2, 0.25) is 0 Å². The highest BCUT2D eigenvalue weighted by atomic mass is 16.7. The number of methoxy groups -OCH3 is 2. The molecule has 3 aromatic rings. The lowest BCUT2D eigenvalue weighted by Crippen LogP contribution is -2.65. The predicted octanol–water partition coefficient (Wildman–Crippen LogP) is 2.68. The van der Waals surface area contributed by atoms with Gasteiger partial charge in [-0.1, -0.05) is 35.5 Å². The predicted molar refractivity (Wildman–Crippen MR) is 142 cm³/mol. The third-order valence-electron chi connectivity index (χ3n) is 7.65. The van der Waals surface area contributed by atoms with Gasteiger partial charge in [-0.25, -0.2) is 4.79 Å². The summed E-state index contributed by atoms with van der Waals surface area (Å²) in [6, 6.07) is 13.0. The first-order valence-electron chi connectivity index (χ1n) is 13.2. The first kappa shape index (κ1) is 26.7. The fourth-order valence-electron chi connectivity index (χ4n) is 5.61. The first-order valence-corrected chi connectivity index (χ1v) is 13.2. The summed E-state index contributed by atoms with van der Waals surface area (Å²) in [6.45, 7) is -0.393. The molecule has 1 saturated carbocycles. The van der Waals surface area contributed by atoms with E-state index in [9.17, 15) is 14.4 Å². The van der Waals surface area contributed by atoms with E-state index in [4.69, 9.17) is 23.5 Å². The molecule has 4 amide bonds. The van der Waals surface area contributed by atoms with Gasteiger partial charge in [0.15, 0.2) is 0 Å². The summed E-state index contributed by atoms with van der Waals surface area (Å²) in [6.07, 6.45) is 0.211. The van der Waals surface area contributed by atoms with E-state index in [-0.39, 0.29) is 43.9 Å². The Morgan fingerprint density at radius 1 is 1.05 bits per heavy atom. The van der Waals surface area contributed by atoms with Crippen molar-refractivity contribution in [2.75, 3.05) is 32.9 Å². The zero-order valence-corrected chi connectivity index (χ0v) is 22.5. The van der Waals surface area contributed by atoms with Crippen molar-refractivity contribution in [2.24, 2.45) is 5.92 Å². The Balaban J connectivity index is 1.24. The molecule has 4 atom stereocenters. The topological polar surface area (TPSA) is 146 Å². The molecule has 0 bridgehead atoms. The van der Waals surface area contributed by atoms with E-state index in [2.05, 4.69) is 15.5 Å². The third kappa shape index (κ3) is 5.21. The molecule has 13 nitrogen and oxygen atoms in total. The van der Waals surface area contributed by atoms with Gasteiger partial charge in [0.25, 0.3) is 0 Å². The number of anilines is 1. The maximum atomic E-state index is 13.8. The molecule has 0 spiro atoms. The number of rotatable bonds is 8. The summed E-state index contributed by atoms with van der Waals surface area (Å²) in [5.74, 6) is -0.000265. The lowest BCUT2D eigenvalue weighted by Gasteiger charge is -2.48. The molecule has 0 radical (unpaired) electrons. The quantitative estimate of drug-likeness (QED) is 0.434. The van der Waals surface area contributed by atoms with Gasteiger partial charge in [0.05, 0.1) is 38.0 Å². The molecule has 6 rings (SSSR count). The van der Waals surface area contributed by atoms with Gasteiger partial charge >= 0.3 is 6.03 Å². The molecule has 4 unspecified atom stereocenters. The van der Waals surface area contributed by atoms with E-state index in [0.717, 1.165) is 10.5 Å². The van der Waals surface area contributed by atoms with E-state index in [1.165, 1.54) is 19.1 Å². The number of imide groups is 1. The number of nitrogens with one attached hydrogen (secondary N) is 1. The number of ether oxygens (including phenoxy) is 4. The molecule has 2 aliphatic heterocycles. The number of carbonyl (C=O) groups excluding carboxylic acids is 3. The van der Waals surface area contributed by atoms with Crippen molar-refractivity contribution in [3.63, 3.8) is 0 Å². The van der Waals surface area contributed by atoms with Crippen LogP contribution in [0.15, 0.2) is 53.1 Å². The molecule has 1 aliphatic carbocycles. The van der Waals surface area contributed by atoms with Crippen molar-refractivity contribution < 1.29 is 37.9 Å². The summed E-state index contributed by atoms with van der Waals surface area (Å²) in [7, 11) is 3.01. The van der Waals surface area contributed by atoms with Crippen molar-refractivity contribution in [2.45, 2.75) is 37.6 Å². The van der Waals surface area contributed by atoms with Gasteiger partial charge < -0.3 is 33.7 Å². The first-order chi connectivity index (χ1) is 19.9. The highest BCUT2D eigenvalue weighted by Crippen LogP contribution is 2.39. The van der Waals surface area contributed by atoms with E-state index < -0.39 is 23.9 Å². The number of aromatic nitrogens is 2. The summed E-state index contributed by atoms with van der Waals surface area (Å²) >= 11 is 0. The highest BCUT2D eigenvalue weighted by molar-refractivity contribution is 6.02. The number of hydrogen-bond acceptors (Lipinski definition) is 10. The number of nitrogens with zero attached hydrogens (tertiary/aromatic N) is 4. The smallest absolute Gasteiger partial charge is 0.327 e. The maximum absolute atomic E-state index is 13.8. The standard InChI is InChI=1S/C28H29N5O8/c1-37-17-8-9-19(21(10-17)38-2)29-24(34)13-32-20-12-23-22(39-15-40-23)11-18(20)27(35)33(28(32)36)14-25-30-26(31-41-25)16-6-4-3-5-7-16/h3-10,18,20,22-23H,11-15H2,1-2H3,(H,29,34). The van der Waals surface area contributed by atoms with Gasteiger partial charge in [0.1, 0.15) is 31.4 Å². The third-order valence-corrected chi connectivity index (χ3v) is 7.65. The monoisotopic (exact) mass is 563 g/mol. The molecule has 13 heteroatoms. The second kappa shape index (κ2) is 11.2. The van der Waals surface area contributed by atoms with Crippen LogP contribution in [0.25, 0.3) is 11.4 Å². The summed E-state index contributed by atoms with van der Waals surface area (Å²) in [4.78, 5) is 47.6. The number of fused-ring (bicyclic) bond motifs is 2. The van der Waals surface area contributed by atoms with Crippen LogP contribution in [0, 0.1) is 5.92 Å². The minimum absolute atomic E-state index is 0.102. The summed E-state index contributed by atoms with van der Waals surface area (Å²) in [5.41, 5.74) is 1.16. The molecule has 1 aromatic heterocycles. The molecule has 214 valence electrons. The Bertz CT molecular complexity index is 1450. The molecule has 2 aromatic carbocycles. The number of carbonyl (C=O) groups is 3. The van der Waals surface area contributed by atoms with Gasteiger partial charge in [0, 0.05) is 17.7 Å². The van der Waals surface area contributed by atoms with Crippen LogP contribution in [0.4, 0.5) is 10.5 Å². The van der Waals surface area contributed by atoms with Crippen molar-refractivity contribution in [1.29, 1.82) is 0 Å². The molecule has 3 aliphatic rings. The second-order valence-corrected chi connectivity index (χ2v) is 10.0. The number of hydrogen-bond donors (Lipinski definition) is 1. The van der Waals surface area contributed by atoms with Crippen LogP contribution < -0.4 is 14.8 Å². The largest absolute Gasteiger partial charge is 0.497 e. The Labute approximate surface area is 235 Å². The Kier molecular flexibility index (Phi) is 7.28. The zero-order valence-electron chi connectivity index (χ0n) is 22.5. The lowest BCUT2D eigenvalue weighted by molar-refractivity contribution is -0.145. The Hall–Kier alpha value is -4.49. The van der Waals surface area contributed by atoms with Crippen molar-refractivity contribution >= 4 is 23.5 Å². The normalized spacial score (nSPS) is 23.7. The molecule has 2 saturated heterocycles. The molecule has 1 N–H and O–H groups in total. The van der Waals surface area contributed by atoms with Crippen molar-refractivity contribution in [3.05, 3.63) is 54.4 Å². The second-order valence-electron chi connectivity index (χ2n) is 10.0. The molecule has 41 heavy (non-hydrogen) atoms. The average Bonchev–Trinajstić information content (AvgIpc) is 3.67. The fourth-order valence-corrected chi connectivity index (χ4v) is 5.61. The van der Waals surface area contributed by atoms with E-state index >= 15 is 0 Å². The molecular formula is C28H29N5O8. The molecule has 3 fully saturated rings. The van der Waals surface area contributed by atoms with Gasteiger partial charge in [-0.2, -0.15) is 4.98 Å². The zero-order chi connectivity index (χ0) is 28.5. The van der Waals surface area contributed by atoms with E-state index in [1.807, 2.05) is 30.3 Å². The van der Waals surface area contributed by atoms with Crippen molar-refractivity contribution in [1.82, 2.24) is 19.9 Å². The molecular weight excluding hydrogens is 534 g/mol. The summed E-state index contributed by atoms with van der Waals surface area (Å²) in [5, 5.41) is 6.81. The number of urea groups is 1. The van der Waals surface area contributed by atoms with Crippen LogP contribution in [0.1, 0.15) is 18.7 Å². The lowest BCUT2D eigenvalue weighted by atomic mass is 9.78. The van der Waals surface area contributed by atoms with Gasteiger partial charge in [-0.15, -0.1) is 0 Å². The van der Waals surface area contributed by atoms with Crippen LogP contribution in [0.3, 0.4) is 0 Å². The summed E-state index contributed by atoms with van der Waals surface area (Å²) < 4.78 is 27.4. The fraction of sp³-hybridized carbons (Fsp3) is 0.393.